The van der Waals surface area contributed by atoms with Crippen molar-refractivity contribution in [3.63, 3.8) is 0 Å². The van der Waals surface area contributed by atoms with Crippen LogP contribution in [0.2, 0.25) is 0 Å². The minimum absolute atomic E-state index is 0.160. The van der Waals surface area contributed by atoms with E-state index in [1.165, 1.54) is 47.3 Å². The lowest BCUT2D eigenvalue weighted by molar-refractivity contribution is -0.130. The van der Waals surface area contributed by atoms with Crippen molar-refractivity contribution in [3.8, 4) is 0 Å². The van der Waals surface area contributed by atoms with Gasteiger partial charge >= 0.3 is 0 Å². The quantitative estimate of drug-likeness (QED) is 0.295. The van der Waals surface area contributed by atoms with Gasteiger partial charge in [0.05, 0.1) is 16.3 Å². The van der Waals surface area contributed by atoms with Crippen molar-refractivity contribution in [2.45, 2.75) is 70.1 Å². The number of aromatic nitrogens is 1. The van der Waals surface area contributed by atoms with Crippen molar-refractivity contribution >= 4 is 44.2 Å². The van der Waals surface area contributed by atoms with Crippen molar-refractivity contribution in [1.29, 1.82) is 0 Å². The number of carbonyl (C=O) groups is 1. The first-order valence-corrected chi connectivity index (χ1v) is 15.4. The third kappa shape index (κ3) is 6.13. The number of nitrogens with one attached hydrogen (secondary N) is 2. The zero-order valence-electron chi connectivity index (χ0n) is 22.8. The number of amides is 1. The summed E-state index contributed by atoms with van der Waals surface area (Å²) in [5, 5.41) is 19.0. The Morgan fingerprint density at radius 2 is 1.90 bits per heavy atom. The zero-order valence-corrected chi connectivity index (χ0v) is 23.6. The summed E-state index contributed by atoms with van der Waals surface area (Å²) in [5.74, 6) is 0.840. The molecular formula is C32H37N5O2S. The van der Waals surface area contributed by atoms with Crippen LogP contribution in [0.15, 0.2) is 77.3 Å². The van der Waals surface area contributed by atoms with Gasteiger partial charge < -0.3 is 15.7 Å². The van der Waals surface area contributed by atoms with Gasteiger partial charge in [0.25, 0.3) is 5.91 Å². The van der Waals surface area contributed by atoms with Gasteiger partial charge in [0, 0.05) is 17.8 Å². The van der Waals surface area contributed by atoms with E-state index in [9.17, 15) is 9.90 Å². The normalized spacial score (nSPS) is 21.4. The molecule has 1 aromatic heterocycles. The summed E-state index contributed by atoms with van der Waals surface area (Å²) >= 11 is 1.67. The molecule has 2 atom stereocenters. The maximum Gasteiger partial charge on any atom is 0.258 e. The first kappa shape index (κ1) is 26.7. The van der Waals surface area contributed by atoms with Crippen LogP contribution in [0, 0.1) is 5.92 Å². The van der Waals surface area contributed by atoms with Gasteiger partial charge in [-0.2, -0.15) is 0 Å². The fourth-order valence-corrected chi connectivity index (χ4v) is 6.80. The predicted molar refractivity (Wildman–Crippen MR) is 164 cm³/mol. The summed E-state index contributed by atoms with van der Waals surface area (Å²) in [4.78, 5) is 24.5. The Balaban J connectivity index is 1.11. The highest BCUT2D eigenvalue weighted by atomic mass is 32.1. The Labute approximate surface area is 239 Å². The van der Waals surface area contributed by atoms with Gasteiger partial charge in [-0.25, -0.2) is 14.9 Å². The topological polar surface area (TPSA) is 89.9 Å². The highest BCUT2D eigenvalue weighted by molar-refractivity contribution is 7.22. The maximum absolute atomic E-state index is 13.5. The van der Waals surface area contributed by atoms with Gasteiger partial charge in [-0.1, -0.05) is 85.9 Å². The number of aliphatic hydroxyl groups excluding tert-OH is 1. The minimum atomic E-state index is -0.948. The average Bonchev–Trinajstić information content (AvgIpc) is 3.54. The molecule has 1 aliphatic heterocycles. The van der Waals surface area contributed by atoms with Crippen LogP contribution in [0.5, 0.6) is 0 Å². The molecule has 1 saturated carbocycles. The van der Waals surface area contributed by atoms with E-state index in [0.29, 0.717) is 23.9 Å². The molecule has 3 N–H and O–H groups in total. The molecule has 1 fully saturated rings. The van der Waals surface area contributed by atoms with Crippen LogP contribution in [0.4, 0.5) is 10.8 Å². The van der Waals surface area contributed by atoms with Crippen LogP contribution in [-0.4, -0.2) is 45.7 Å². The van der Waals surface area contributed by atoms with Gasteiger partial charge in [0.15, 0.2) is 11.4 Å². The summed E-state index contributed by atoms with van der Waals surface area (Å²) in [6, 6.07) is 16.1. The van der Waals surface area contributed by atoms with Gasteiger partial charge in [-0.15, -0.1) is 0 Å². The van der Waals surface area contributed by atoms with E-state index < -0.39 is 6.23 Å². The average molecular weight is 556 g/mol. The molecule has 2 heterocycles. The number of para-hydroxylation sites is 1. The fourth-order valence-electron chi connectivity index (χ4n) is 5.91. The van der Waals surface area contributed by atoms with E-state index in [4.69, 9.17) is 4.99 Å². The minimum Gasteiger partial charge on any atom is -0.371 e. The fraction of sp³-hybridized carbons (Fsp3) is 0.406. The van der Waals surface area contributed by atoms with Crippen molar-refractivity contribution in [2.24, 2.45) is 10.9 Å². The molecular weight excluding hydrogens is 518 g/mol. The first-order valence-electron chi connectivity index (χ1n) is 14.5. The van der Waals surface area contributed by atoms with Crippen LogP contribution in [0.1, 0.15) is 56.9 Å². The molecule has 6 rings (SSSR count). The highest BCUT2D eigenvalue weighted by Gasteiger charge is 2.41. The SMILES string of the molecule is O=C(C1=CC=CCC1)N1C(Nc2ccc(CCNc3nc4ccccc4s3)cc2)=N[C@@H](CC2CCCCC2)C1O. The van der Waals surface area contributed by atoms with Crippen molar-refractivity contribution in [3.05, 3.63) is 77.9 Å². The molecule has 0 saturated heterocycles. The molecule has 1 amide bonds. The summed E-state index contributed by atoms with van der Waals surface area (Å²) in [5.41, 5.74) is 3.79. The van der Waals surface area contributed by atoms with E-state index in [-0.39, 0.29) is 11.9 Å². The molecule has 7 nitrogen and oxygen atoms in total. The van der Waals surface area contributed by atoms with E-state index in [2.05, 4.69) is 39.9 Å². The zero-order chi connectivity index (χ0) is 27.3. The van der Waals surface area contributed by atoms with Crippen LogP contribution in [0.25, 0.3) is 10.2 Å². The standard InChI is InChI=1S/C32H37N5O2S/c38-29(24-11-5-2-6-12-24)37-30(39)27(21-23-9-3-1-4-10-23)35-31(37)34-25-17-15-22(16-18-25)19-20-33-32-36-26-13-7-8-14-28(26)40-32/h2,5,7-8,11,13-18,23,27,30,39H,1,3-4,6,9-10,12,19-21H2,(H,33,36)(H,34,35)/t27-,30?/m0/s1. The maximum atomic E-state index is 13.5. The summed E-state index contributed by atoms with van der Waals surface area (Å²) < 4.78 is 1.19. The molecule has 8 heteroatoms. The molecule has 2 aliphatic carbocycles. The van der Waals surface area contributed by atoms with Crippen LogP contribution >= 0.6 is 11.3 Å². The lowest BCUT2D eigenvalue weighted by atomic mass is 9.84. The number of nitrogens with zero attached hydrogens (tertiary/aromatic N) is 3. The third-order valence-electron chi connectivity index (χ3n) is 8.13. The number of anilines is 2. The Morgan fingerprint density at radius 1 is 1.07 bits per heavy atom. The number of guanidine groups is 1. The number of carbonyl (C=O) groups excluding carboxylic acids is 1. The number of aliphatic hydroxyl groups is 1. The third-order valence-corrected chi connectivity index (χ3v) is 9.12. The molecule has 1 unspecified atom stereocenters. The molecule has 0 bridgehead atoms. The molecule has 0 radical (unpaired) electrons. The first-order chi connectivity index (χ1) is 19.6. The van der Waals surface area contributed by atoms with Crippen LogP contribution in [-0.2, 0) is 11.2 Å². The number of hydrogen-bond acceptors (Lipinski definition) is 7. The molecule has 2 aromatic carbocycles. The van der Waals surface area contributed by atoms with Gasteiger partial charge in [-0.3, -0.25) is 4.79 Å². The monoisotopic (exact) mass is 555 g/mol. The summed E-state index contributed by atoms with van der Waals surface area (Å²) in [6.45, 7) is 0.792. The van der Waals surface area contributed by atoms with Crippen molar-refractivity contribution in [1.82, 2.24) is 9.88 Å². The number of thiazole rings is 1. The second kappa shape index (κ2) is 12.4. The number of fused-ring (bicyclic) bond motifs is 1. The largest absolute Gasteiger partial charge is 0.371 e. The lowest BCUT2D eigenvalue weighted by Gasteiger charge is -2.28. The number of aliphatic imine (C=N–C) groups is 1. The number of benzene rings is 2. The lowest BCUT2D eigenvalue weighted by Crippen LogP contribution is -2.47. The van der Waals surface area contributed by atoms with Crippen LogP contribution in [0.3, 0.4) is 0 Å². The molecule has 40 heavy (non-hydrogen) atoms. The van der Waals surface area contributed by atoms with E-state index in [0.717, 1.165) is 42.1 Å². The number of hydrogen-bond donors (Lipinski definition) is 3. The Bertz CT molecular complexity index is 1390. The molecule has 208 valence electrons. The summed E-state index contributed by atoms with van der Waals surface area (Å²) in [7, 11) is 0. The van der Waals surface area contributed by atoms with E-state index in [1.54, 1.807) is 11.3 Å². The van der Waals surface area contributed by atoms with Crippen LogP contribution < -0.4 is 10.6 Å². The van der Waals surface area contributed by atoms with Gasteiger partial charge in [0.1, 0.15) is 0 Å². The summed E-state index contributed by atoms with van der Waals surface area (Å²) in [6.07, 6.45) is 14.2. The van der Waals surface area contributed by atoms with Crippen molar-refractivity contribution in [2.75, 3.05) is 17.2 Å². The van der Waals surface area contributed by atoms with E-state index in [1.807, 2.05) is 42.5 Å². The second-order valence-electron chi connectivity index (χ2n) is 11.0. The van der Waals surface area contributed by atoms with Gasteiger partial charge in [-0.05, 0) is 61.4 Å². The van der Waals surface area contributed by atoms with Gasteiger partial charge in [0.2, 0.25) is 5.96 Å². The number of rotatable bonds is 8. The smallest absolute Gasteiger partial charge is 0.258 e. The molecule has 0 spiro atoms. The second-order valence-corrected chi connectivity index (χ2v) is 12.0. The Morgan fingerprint density at radius 3 is 2.67 bits per heavy atom. The molecule has 3 aliphatic rings. The Kier molecular flexibility index (Phi) is 8.25. The predicted octanol–water partition coefficient (Wildman–Crippen LogP) is 6.49. The molecule has 3 aromatic rings. The number of allylic oxidation sites excluding steroid dienone is 3. The van der Waals surface area contributed by atoms with Crippen molar-refractivity contribution < 1.29 is 9.90 Å². The van der Waals surface area contributed by atoms with E-state index >= 15 is 0 Å². The highest BCUT2D eigenvalue weighted by Crippen LogP contribution is 2.33. The Hall–Kier alpha value is -3.49.